The Kier molecular flexibility index (Phi) is 5.17. The molecule has 2 heterocycles. The Balaban J connectivity index is 1.69. The van der Waals surface area contributed by atoms with Crippen LogP contribution in [0, 0.1) is 0 Å². The summed E-state index contributed by atoms with van der Waals surface area (Å²) in [5.74, 6) is -0.0481. The van der Waals surface area contributed by atoms with Gasteiger partial charge in [0.1, 0.15) is 0 Å². The van der Waals surface area contributed by atoms with Crippen LogP contribution in [0.1, 0.15) is 20.1 Å². The fourth-order valence-electron chi connectivity index (χ4n) is 1.99. The molecule has 0 saturated heterocycles. The van der Waals surface area contributed by atoms with Crippen LogP contribution in [0.25, 0.3) is 0 Å². The Morgan fingerprint density at radius 1 is 1.08 bits per heavy atom. The molecular formula is C16H12ClNO3S3. The normalized spacial score (nSPS) is 11.5. The van der Waals surface area contributed by atoms with E-state index in [9.17, 15) is 13.2 Å². The number of rotatable bonds is 6. The topological polar surface area (TPSA) is 63.2 Å². The number of thiophene rings is 2. The Morgan fingerprint density at radius 3 is 2.50 bits per heavy atom. The molecule has 0 aliphatic rings. The lowest BCUT2D eigenvalue weighted by Crippen LogP contribution is -2.22. The maximum atomic E-state index is 12.2. The lowest BCUT2D eigenvalue weighted by molar-refractivity contribution is 0.104. The summed E-state index contributed by atoms with van der Waals surface area (Å²) in [7, 11) is -3.61. The maximum Gasteiger partial charge on any atom is 0.240 e. The van der Waals surface area contributed by atoms with Crippen molar-refractivity contribution in [2.45, 2.75) is 11.4 Å². The quantitative estimate of drug-likeness (QED) is 0.635. The van der Waals surface area contributed by atoms with Gasteiger partial charge in [0.25, 0.3) is 0 Å². The largest absolute Gasteiger partial charge is 0.288 e. The van der Waals surface area contributed by atoms with E-state index in [0.717, 1.165) is 4.88 Å². The molecule has 4 nitrogen and oxygen atoms in total. The van der Waals surface area contributed by atoms with E-state index in [1.54, 1.807) is 23.6 Å². The molecule has 0 spiro atoms. The summed E-state index contributed by atoms with van der Waals surface area (Å²) >= 11 is 8.51. The summed E-state index contributed by atoms with van der Waals surface area (Å²) in [6, 6.07) is 11.2. The van der Waals surface area contributed by atoms with Crippen LogP contribution in [0.4, 0.5) is 0 Å². The van der Waals surface area contributed by atoms with Crippen molar-refractivity contribution in [1.82, 2.24) is 4.72 Å². The van der Waals surface area contributed by atoms with Gasteiger partial charge in [-0.3, -0.25) is 4.79 Å². The molecule has 8 heteroatoms. The SMILES string of the molecule is O=C(c1ccsc1)c1ccc(CNS(=O)(=O)c2ccc(Cl)cc2)s1. The van der Waals surface area contributed by atoms with E-state index in [-0.39, 0.29) is 17.2 Å². The number of nitrogens with one attached hydrogen (secondary N) is 1. The Bertz CT molecular complexity index is 945. The van der Waals surface area contributed by atoms with Crippen molar-refractivity contribution in [3.8, 4) is 0 Å². The zero-order valence-corrected chi connectivity index (χ0v) is 15.4. The highest BCUT2D eigenvalue weighted by Crippen LogP contribution is 2.22. The van der Waals surface area contributed by atoms with Crippen molar-refractivity contribution >= 4 is 50.1 Å². The number of hydrogen-bond acceptors (Lipinski definition) is 5. The number of halogens is 1. The molecule has 0 atom stereocenters. The minimum Gasteiger partial charge on any atom is -0.288 e. The third kappa shape index (κ3) is 3.93. The zero-order valence-electron chi connectivity index (χ0n) is 12.2. The van der Waals surface area contributed by atoms with Crippen LogP contribution in [0.5, 0.6) is 0 Å². The molecule has 0 fully saturated rings. The second kappa shape index (κ2) is 7.16. The second-order valence-electron chi connectivity index (χ2n) is 4.89. The average molecular weight is 398 g/mol. The predicted molar refractivity (Wildman–Crippen MR) is 97.5 cm³/mol. The van der Waals surface area contributed by atoms with Crippen LogP contribution in [-0.2, 0) is 16.6 Å². The molecule has 1 aromatic carbocycles. The highest BCUT2D eigenvalue weighted by molar-refractivity contribution is 7.89. The van der Waals surface area contributed by atoms with Gasteiger partial charge in [0.05, 0.1) is 9.77 Å². The van der Waals surface area contributed by atoms with Crippen LogP contribution < -0.4 is 4.72 Å². The van der Waals surface area contributed by atoms with Gasteiger partial charge in [-0.1, -0.05) is 11.6 Å². The first-order valence-corrected chi connectivity index (χ1v) is 10.5. The summed E-state index contributed by atoms with van der Waals surface area (Å²) in [5.41, 5.74) is 0.648. The van der Waals surface area contributed by atoms with Crippen LogP contribution in [0.2, 0.25) is 5.02 Å². The van der Waals surface area contributed by atoms with E-state index in [0.29, 0.717) is 15.5 Å². The monoisotopic (exact) mass is 397 g/mol. The molecule has 0 bridgehead atoms. The van der Waals surface area contributed by atoms with Crippen molar-refractivity contribution in [3.63, 3.8) is 0 Å². The highest BCUT2D eigenvalue weighted by atomic mass is 35.5. The van der Waals surface area contributed by atoms with Gasteiger partial charge in [0.2, 0.25) is 15.8 Å². The third-order valence-corrected chi connectivity index (χ3v) is 6.67. The standard InChI is InChI=1S/C16H12ClNO3S3/c17-12-1-4-14(5-2-12)24(20,21)18-9-13-3-6-15(23-13)16(19)11-7-8-22-10-11/h1-8,10,18H,9H2. The number of ketones is 1. The van der Waals surface area contributed by atoms with Gasteiger partial charge in [-0.25, -0.2) is 13.1 Å². The maximum absolute atomic E-state index is 12.2. The summed E-state index contributed by atoms with van der Waals surface area (Å²) in [5, 5.41) is 4.12. The van der Waals surface area contributed by atoms with Gasteiger partial charge >= 0.3 is 0 Å². The van der Waals surface area contributed by atoms with Crippen molar-refractivity contribution < 1.29 is 13.2 Å². The minimum atomic E-state index is -3.61. The van der Waals surface area contributed by atoms with Crippen molar-refractivity contribution in [2.75, 3.05) is 0 Å². The van der Waals surface area contributed by atoms with E-state index < -0.39 is 10.0 Å². The second-order valence-corrected chi connectivity index (χ2v) is 9.04. The predicted octanol–water partition coefficient (Wildman–Crippen LogP) is 4.17. The molecule has 0 aliphatic heterocycles. The summed E-state index contributed by atoms with van der Waals surface area (Å²) in [6.07, 6.45) is 0. The van der Waals surface area contributed by atoms with Crippen LogP contribution in [0.15, 0.2) is 58.1 Å². The molecule has 0 unspecified atom stereocenters. The summed E-state index contributed by atoms with van der Waals surface area (Å²) in [6.45, 7) is 0.131. The van der Waals surface area contributed by atoms with Crippen LogP contribution in [0.3, 0.4) is 0 Å². The van der Waals surface area contributed by atoms with Crippen molar-refractivity contribution in [1.29, 1.82) is 0 Å². The average Bonchev–Trinajstić information content (AvgIpc) is 3.25. The molecule has 124 valence electrons. The fourth-order valence-corrected chi connectivity index (χ4v) is 4.76. The van der Waals surface area contributed by atoms with Gasteiger partial charge in [0.15, 0.2) is 0 Å². The zero-order chi connectivity index (χ0) is 17.2. The minimum absolute atomic E-state index is 0.0481. The number of carbonyl (C=O) groups excluding carboxylic acids is 1. The molecule has 1 N–H and O–H groups in total. The molecule has 24 heavy (non-hydrogen) atoms. The smallest absolute Gasteiger partial charge is 0.240 e. The molecular weight excluding hydrogens is 386 g/mol. The Morgan fingerprint density at radius 2 is 1.83 bits per heavy atom. The summed E-state index contributed by atoms with van der Waals surface area (Å²) in [4.78, 5) is 13.8. The molecule has 3 rings (SSSR count). The van der Waals surface area contributed by atoms with Gasteiger partial charge in [-0.15, -0.1) is 11.3 Å². The number of sulfonamides is 1. The first-order valence-electron chi connectivity index (χ1n) is 6.86. The van der Waals surface area contributed by atoms with Gasteiger partial charge in [-0.2, -0.15) is 11.3 Å². The number of hydrogen-bond donors (Lipinski definition) is 1. The first-order chi connectivity index (χ1) is 11.5. The molecule has 0 amide bonds. The molecule has 3 aromatic rings. The van der Waals surface area contributed by atoms with E-state index in [4.69, 9.17) is 11.6 Å². The van der Waals surface area contributed by atoms with Gasteiger partial charge in [0, 0.05) is 27.4 Å². The van der Waals surface area contributed by atoms with E-state index in [1.165, 1.54) is 46.9 Å². The lowest BCUT2D eigenvalue weighted by Gasteiger charge is -2.05. The Labute approximate surface area is 152 Å². The van der Waals surface area contributed by atoms with E-state index in [1.807, 2.05) is 5.38 Å². The molecule has 0 saturated carbocycles. The molecule has 0 radical (unpaired) electrons. The Hall–Kier alpha value is -1.51. The number of carbonyl (C=O) groups is 1. The number of benzene rings is 1. The molecule has 0 aliphatic carbocycles. The first kappa shape index (κ1) is 17.3. The van der Waals surface area contributed by atoms with E-state index in [2.05, 4.69) is 4.72 Å². The molecule has 2 aromatic heterocycles. The fraction of sp³-hybridized carbons (Fsp3) is 0.0625. The highest BCUT2D eigenvalue weighted by Gasteiger charge is 2.16. The van der Waals surface area contributed by atoms with Gasteiger partial charge < -0.3 is 0 Å². The lowest BCUT2D eigenvalue weighted by atomic mass is 10.2. The van der Waals surface area contributed by atoms with Crippen LogP contribution >= 0.6 is 34.3 Å². The third-order valence-electron chi connectivity index (χ3n) is 3.23. The summed E-state index contributed by atoms with van der Waals surface area (Å²) < 4.78 is 27.0. The van der Waals surface area contributed by atoms with Crippen molar-refractivity contribution in [2.24, 2.45) is 0 Å². The van der Waals surface area contributed by atoms with Crippen molar-refractivity contribution in [3.05, 3.63) is 73.6 Å². The van der Waals surface area contributed by atoms with E-state index >= 15 is 0 Å². The van der Waals surface area contributed by atoms with Gasteiger partial charge in [-0.05, 0) is 47.8 Å². The van der Waals surface area contributed by atoms with Crippen LogP contribution in [-0.4, -0.2) is 14.2 Å².